The SMILES string of the molecule is CC(C)/C(=C/c1occc1Br)CBr. The number of hydrogen-bond acceptors (Lipinski definition) is 1. The third-order valence-electron chi connectivity index (χ3n) is 1.86. The molecule has 1 rings (SSSR count). The lowest BCUT2D eigenvalue weighted by Crippen LogP contribution is -1.94. The molecule has 0 aromatic carbocycles. The van der Waals surface area contributed by atoms with Crippen LogP contribution in [-0.4, -0.2) is 5.33 Å². The van der Waals surface area contributed by atoms with Gasteiger partial charge < -0.3 is 4.42 Å². The summed E-state index contributed by atoms with van der Waals surface area (Å²) >= 11 is 6.88. The molecular formula is C10H12Br2O. The van der Waals surface area contributed by atoms with Crippen LogP contribution in [0.25, 0.3) is 6.08 Å². The molecule has 0 amide bonds. The first-order valence-corrected chi connectivity index (χ1v) is 6.06. The average Bonchev–Trinajstić information content (AvgIpc) is 2.46. The molecule has 0 saturated carbocycles. The maximum atomic E-state index is 5.30. The topological polar surface area (TPSA) is 13.1 Å². The smallest absolute Gasteiger partial charge is 0.140 e. The Hall–Kier alpha value is -0.0200. The molecule has 0 atom stereocenters. The lowest BCUT2D eigenvalue weighted by Gasteiger charge is -2.06. The van der Waals surface area contributed by atoms with E-state index in [2.05, 4.69) is 51.8 Å². The van der Waals surface area contributed by atoms with Crippen LogP contribution in [0.2, 0.25) is 0 Å². The van der Waals surface area contributed by atoms with E-state index in [1.807, 2.05) is 6.07 Å². The quantitative estimate of drug-likeness (QED) is 0.751. The summed E-state index contributed by atoms with van der Waals surface area (Å²) in [4.78, 5) is 0. The van der Waals surface area contributed by atoms with Gasteiger partial charge in [0.25, 0.3) is 0 Å². The molecule has 0 N–H and O–H groups in total. The molecule has 0 fully saturated rings. The standard InChI is InChI=1S/C10H12Br2O/c1-7(2)8(6-11)5-10-9(12)3-4-13-10/h3-5,7H,6H2,1-2H3/b8-5+. The minimum atomic E-state index is 0.538. The van der Waals surface area contributed by atoms with Gasteiger partial charge in [0, 0.05) is 5.33 Å². The number of rotatable bonds is 3. The second-order valence-electron chi connectivity index (χ2n) is 3.14. The second-order valence-corrected chi connectivity index (χ2v) is 4.56. The second kappa shape index (κ2) is 5.01. The van der Waals surface area contributed by atoms with Gasteiger partial charge in [-0.05, 0) is 34.0 Å². The van der Waals surface area contributed by atoms with Crippen molar-refractivity contribution in [3.8, 4) is 0 Å². The first kappa shape index (κ1) is 11.1. The Balaban J connectivity index is 2.91. The van der Waals surface area contributed by atoms with Crippen molar-refractivity contribution in [3.63, 3.8) is 0 Å². The van der Waals surface area contributed by atoms with Crippen LogP contribution in [0.3, 0.4) is 0 Å². The van der Waals surface area contributed by atoms with E-state index in [0.717, 1.165) is 15.6 Å². The van der Waals surface area contributed by atoms with Crippen molar-refractivity contribution in [2.24, 2.45) is 5.92 Å². The summed E-state index contributed by atoms with van der Waals surface area (Å²) in [6, 6.07) is 1.90. The van der Waals surface area contributed by atoms with Gasteiger partial charge in [-0.1, -0.05) is 35.4 Å². The molecule has 0 saturated heterocycles. The van der Waals surface area contributed by atoms with Crippen LogP contribution in [-0.2, 0) is 0 Å². The molecule has 0 spiro atoms. The summed E-state index contributed by atoms with van der Waals surface area (Å²) in [5.41, 5.74) is 1.33. The summed E-state index contributed by atoms with van der Waals surface area (Å²) in [6.45, 7) is 4.34. The van der Waals surface area contributed by atoms with Gasteiger partial charge >= 0.3 is 0 Å². The molecule has 0 aliphatic carbocycles. The van der Waals surface area contributed by atoms with E-state index >= 15 is 0 Å². The van der Waals surface area contributed by atoms with Crippen LogP contribution >= 0.6 is 31.9 Å². The van der Waals surface area contributed by atoms with Crippen molar-refractivity contribution < 1.29 is 4.42 Å². The molecule has 1 aromatic heterocycles. The van der Waals surface area contributed by atoms with Gasteiger partial charge in [-0.25, -0.2) is 0 Å². The summed E-state index contributed by atoms with van der Waals surface area (Å²) in [7, 11) is 0. The Bertz CT molecular complexity index is 300. The zero-order valence-electron chi connectivity index (χ0n) is 7.68. The highest BCUT2D eigenvalue weighted by Crippen LogP contribution is 2.23. The highest BCUT2D eigenvalue weighted by atomic mass is 79.9. The Kier molecular flexibility index (Phi) is 4.26. The first-order valence-electron chi connectivity index (χ1n) is 4.14. The predicted molar refractivity (Wildman–Crippen MR) is 63.0 cm³/mol. The van der Waals surface area contributed by atoms with E-state index in [1.165, 1.54) is 5.57 Å². The maximum absolute atomic E-state index is 5.30. The van der Waals surface area contributed by atoms with Gasteiger partial charge in [0.2, 0.25) is 0 Å². The summed E-state index contributed by atoms with van der Waals surface area (Å²) in [5, 5.41) is 0.887. The minimum absolute atomic E-state index is 0.538. The normalized spacial score (nSPS) is 12.5. The van der Waals surface area contributed by atoms with Crippen molar-refractivity contribution in [1.29, 1.82) is 0 Å². The number of alkyl halides is 1. The van der Waals surface area contributed by atoms with Gasteiger partial charge in [-0.15, -0.1) is 0 Å². The van der Waals surface area contributed by atoms with Crippen molar-refractivity contribution >= 4 is 37.9 Å². The number of allylic oxidation sites excluding steroid dienone is 1. The largest absolute Gasteiger partial charge is 0.464 e. The highest BCUT2D eigenvalue weighted by molar-refractivity contribution is 9.10. The molecule has 13 heavy (non-hydrogen) atoms. The lowest BCUT2D eigenvalue weighted by atomic mass is 10.0. The molecule has 0 bridgehead atoms. The van der Waals surface area contributed by atoms with Crippen LogP contribution < -0.4 is 0 Å². The third kappa shape index (κ3) is 2.99. The molecule has 0 aliphatic rings. The average molecular weight is 308 g/mol. The highest BCUT2D eigenvalue weighted by Gasteiger charge is 2.05. The molecular weight excluding hydrogens is 296 g/mol. The molecule has 0 radical (unpaired) electrons. The fourth-order valence-electron chi connectivity index (χ4n) is 0.936. The van der Waals surface area contributed by atoms with Gasteiger partial charge in [-0.3, -0.25) is 0 Å². The Morgan fingerprint density at radius 3 is 2.69 bits per heavy atom. The number of furan rings is 1. The first-order chi connectivity index (χ1) is 6.15. The van der Waals surface area contributed by atoms with Crippen LogP contribution in [0.4, 0.5) is 0 Å². The van der Waals surface area contributed by atoms with Crippen molar-refractivity contribution in [3.05, 3.63) is 28.1 Å². The summed E-state index contributed by atoms with van der Waals surface area (Å²) < 4.78 is 6.31. The molecule has 1 aromatic rings. The number of hydrogen-bond donors (Lipinski definition) is 0. The van der Waals surface area contributed by atoms with Crippen LogP contribution in [0.5, 0.6) is 0 Å². The van der Waals surface area contributed by atoms with Crippen LogP contribution in [0.1, 0.15) is 19.6 Å². The van der Waals surface area contributed by atoms with Crippen molar-refractivity contribution in [2.45, 2.75) is 13.8 Å². The van der Waals surface area contributed by atoms with Gasteiger partial charge in [0.15, 0.2) is 0 Å². The van der Waals surface area contributed by atoms with E-state index in [4.69, 9.17) is 4.42 Å². The molecule has 1 heterocycles. The van der Waals surface area contributed by atoms with E-state index in [-0.39, 0.29) is 0 Å². The van der Waals surface area contributed by atoms with Crippen LogP contribution in [0, 0.1) is 5.92 Å². The minimum Gasteiger partial charge on any atom is -0.464 e. The molecule has 0 unspecified atom stereocenters. The van der Waals surface area contributed by atoms with Crippen molar-refractivity contribution in [1.82, 2.24) is 0 Å². The molecule has 72 valence electrons. The van der Waals surface area contributed by atoms with Crippen LogP contribution in [0.15, 0.2) is 26.8 Å². The Morgan fingerprint density at radius 1 is 1.62 bits per heavy atom. The van der Waals surface area contributed by atoms with E-state index < -0.39 is 0 Å². The zero-order valence-corrected chi connectivity index (χ0v) is 10.9. The maximum Gasteiger partial charge on any atom is 0.140 e. The van der Waals surface area contributed by atoms with E-state index in [1.54, 1.807) is 6.26 Å². The summed E-state index contributed by atoms with van der Waals surface area (Å²) in [5.74, 6) is 1.43. The van der Waals surface area contributed by atoms with E-state index in [0.29, 0.717) is 5.92 Å². The van der Waals surface area contributed by atoms with Gasteiger partial charge in [-0.2, -0.15) is 0 Å². The Morgan fingerprint density at radius 2 is 2.31 bits per heavy atom. The fourth-order valence-corrected chi connectivity index (χ4v) is 2.06. The third-order valence-corrected chi connectivity index (χ3v) is 3.16. The molecule has 3 heteroatoms. The predicted octanol–water partition coefficient (Wildman–Crippen LogP) is 4.48. The summed E-state index contributed by atoms with van der Waals surface area (Å²) in [6.07, 6.45) is 3.76. The molecule has 1 nitrogen and oxygen atoms in total. The fraction of sp³-hybridized carbons (Fsp3) is 0.400. The Labute approximate surface area is 95.5 Å². The monoisotopic (exact) mass is 306 g/mol. The lowest BCUT2D eigenvalue weighted by molar-refractivity contribution is 0.554. The zero-order chi connectivity index (χ0) is 9.84. The number of halogens is 2. The van der Waals surface area contributed by atoms with E-state index in [9.17, 15) is 0 Å². The van der Waals surface area contributed by atoms with Crippen molar-refractivity contribution in [2.75, 3.05) is 5.33 Å². The van der Waals surface area contributed by atoms with Gasteiger partial charge in [0.1, 0.15) is 5.76 Å². The molecule has 0 aliphatic heterocycles. The van der Waals surface area contributed by atoms with Gasteiger partial charge in [0.05, 0.1) is 10.7 Å².